The molecular formula is C26H27Br. The molecular weight excluding hydrogens is 392 g/mol. The molecule has 0 spiro atoms. The van der Waals surface area contributed by atoms with Crippen LogP contribution in [-0.2, 0) is 0 Å². The predicted molar refractivity (Wildman–Crippen MR) is 123 cm³/mol. The van der Waals surface area contributed by atoms with Gasteiger partial charge in [0, 0.05) is 10.1 Å². The Balaban J connectivity index is 2.41. The first-order valence-corrected chi connectivity index (χ1v) is 10.2. The molecule has 0 heterocycles. The van der Waals surface area contributed by atoms with Crippen molar-refractivity contribution in [2.45, 2.75) is 41.5 Å². The molecule has 0 nitrogen and oxygen atoms in total. The molecule has 138 valence electrons. The van der Waals surface area contributed by atoms with E-state index < -0.39 is 0 Å². The predicted octanol–water partition coefficient (Wildman–Crippen LogP) is 7.85. The zero-order valence-electron chi connectivity index (χ0n) is 17.1. The summed E-state index contributed by atoms with van der Waals surface area (Å²) < 4.78 is 1.17. The number of hydrogen-bond acceptors (Lipinski definition) is 0. The highest BCUT2D eigenvalue weighted by molar-refractivity contribution is 9.15. The third-order valence-electron chi connectivity index (χ3n) is 5.11. The summed E-state index contributed by atoms with van der Waals surface area (Å²) in [4.78, 5) is 0. The maximum atomic E-state index is 4.02. The summed E-state index contributed by atoms with van der Waals surface area (Å²) in [6.45, 7) is 13.2. The lowest BCUT2D eigenvalue weighted by molar-refractivity contribution is 1.28. The van der Waals surface area contributed by atoms with Crippen LogP contribution in [0.4, 0.5) is 0 Å². The Morgan fingerprint density at radius 3 is 1.44 bits per heavy atom. The molecule has 0 N–H and O–H groups in total. The van der Waals surface area contributed by atoms with E-state index in [1.807, 2.05) is 0 Å². The summed E-state index contributed by atoms with van der Waals surface area (Å²) in [5, 5.41) is 0. The van der Waals surface area contributed by atoms with Crippen molar-refractivity contribution in [1.82, 2.24) is 0 Å². The van der Waals surface area contributed by atoms with Crippen LogP contribution in [0.1, 0.15) is 50.1 Å². The minimum atomic E-state index is 1.17. The Hall–Kier alpha value is -2.12. The van der Waals surface area contributed by atoms with Crippen LogP contribution in [0.2, 0.25) is 0 Å². The van der Waals surface area contributed by atoms with E-state index in [9.17, 15) is 0 Å². The second-order valence-corrected chi connectivity index (χ2v) is 8.40. The van der Waals surface area contributed by atoms with Crippen molar-refractivity contribution >= 4 is 26.0 Å². The van der Waals surface area contributed by atoms with E-state index >= 15 is 0 Å². The standard InChI is InChI=1S/C26H27Br/c1-16-12-18(3)23(19(4)13-16)25(22-10-8-7-9-11-22)26(27)24-20(5)14-17(2)15-21(24)6/h7-15H,1-6H3/b26-25+. The van der Waals surface area contributed by atoms with Gasteiger partial charge >= 0.3 is 0 Å². The van der Waals surface area contributed by atoms with Gasteiger partial charge in [-0.15, -0.1) is 0 Å². The van der Waals surface area contributed by atoms with Crippen LogP contribution in [-0.4, -0.2) is 0 Å². The van der Waals surface area contributed by atoms with Gasteiger partial charge in [0.2, 0.25) is 0 Å². The van der Waals surface area contributed by atoms with Gasteiger partial charge in [-0.3, -0.25) is 0 Å². The highest BCUT2D eigenvalue weighted by Gasteiger charge is 2.18. The fourth-order valence-corrected chi connectivity index (χ4v) is 5.26. The summed E-state index contributed by atoms with van der Waals surface area (Å²) in [6, 6.07) is 19.8. The van der Waals surface area contributed by atoms with Crippen molar-refractivity contribution in [1.29, 1.82) is 0 Å². The normalized spacial score (nSPS) is 12.1. The minimum absolute atomic E-state index is 1.17. The van der Waals surface area contributed by atoms with Crippen molar-refractivity contribution < 1.29 is 0 Å². The van der Waals surface area contributed by atoms with Crippen molar-refractivity contribution in [3.05, 3.63) is 105 Å². The van der Waals surface area contributed by atoms with E-state index in [1.54, 1.807) is 0 Å². The summed E-state index contributed by atoms with van der Waals surface area (Å²) in [5.41, 5.74) is 12.9. The van der Waals surface area contributed by atoms with Crippen molar-refractivity contribution in [3.8, 4) is 0 Å². The number of rotatable bonds is 3. The quantitative estimate of drug-likeness (QED) is 0.379. The third-order valence-corrected chi connectivity index (χ3v) is 5.90. The van der Waals surface area contributed by atoms with Crippen LogP contribution in [0.3, 0.4) is 0 Å². The SMILES string of the molecule is Cc1cc(C)c(/C(Br)=C(/c2ccccc2)c2c(C)cc(C)cc2C)c(C)c1. The van der Waals surface area contributed by atoms with Gasteiger partial charge in [0.25, 0.3) is 0 Å². The average Bonchev–Trinajstić information content (AvgIpc) is 2.57. The maximum Gasteiger partial charge on any atom is 0.0337 e. The van der Waals surface area contributed by atoms with Crippen LogP contribution in [0, 0.1) is 41.5 Å². The van der Waals surface area contributed by atoms with Crippen LogP contribution in [0.25, 0.3) is 10.1 Å². The Kier molecular flexibility index (Phi) is 5.72. The molecule has 0 aliphatic carbocycles. The number of halogens is 1. The number of hydrogen-bond donors (Lipinski definition) is 0. The molecule has 3 aromatic rings. The Morgan fingerprint density at radius 1 is 0.593 bits per heavy atom. The first-order valence-electron chi connectivity index (χ1n) is 9.41. The van der Waals surface area contributed by atoms with Gasteiger partial charge in [-0.25, -0.2) is 0 Å². The van der Waals surface area contributed by atoms with Gasteiger partial charge in [0.1, 0.15) is 0 Å². The molecule has 0 fully saturated rings. The van der Waals surface area contributed by atoms with E-state index in [1.165, 1.54) is 60.1 Å². The fourth-order valence-electron chi connectivity index (χ4n) is 4.21. The molecule has 0 saturated heterocycles. The van der Waals surface area contributed by atoms with Crippen molar-refractivity contribution in [2.24, 2.45) is 0 Å². The van der Waals surface area contributed by atoms with Crippen LogP contribution < -0.4 is 0 Å². The van der Waals surface area contributed by atoms with E-state index in [4.69, 9.17) is 0 Å². The molecule has 0 atom stereocenters. The van der Waals surface area contributed by atoms with E-state index in [2.05, 4.69) is 112 Å². The molecule has 0 bridgehead atoms. The van der Waals surface area contributed by atoms with Gasteiger partial charge in [0.15, 0.2) is 0 Å². The largest absolute Gasteiger partial charge is 0.0622 e. The lowest BCUT2D eigenvalue weighted by Gasteiger charge is -2.20. The second kappa shape index (κ2) is 7.86. The Labute approximate surface area is 172 Å². The molecule has 0 aliphatic rings. The fraction of sp³-hybridized carbons (Fsp3) is 0.231. The third kappa shape index (κ3) is 3.94. The Bertz CT molecular complexity index is 977. The van der Waals surface area contributed by atoms with Crippen molar-refractivity contribution in [2.75, 3.05) is 0 Å². The van der Waals surface area contributed by atoms with Crippen LogP contribution in [0.5, 0.6) is 0 Å². The van der Waals surface area contributed by atoms with Crippen LogP contribution in [0.15, 0.2) is 54.6 Å². The second-order valence-electron chi connectivity index (χ2n) is 7.60. The first kappa shape index (κ1) is 19.6. The van der Waals surface area contributed by atoms with Crippen molar-refractivity contribution in [3.63, 3.8) is 0 Å². The summed E-state index contributed by atoms with van der Waals surface area (Å²) in [6.07, 6.45) is 0. The summed E-state index contributed by atoms with van der Waals surface area (Å²) >= 11 is 4.02. The molecule has 0 radical (unpaired) electrons. The van der Waals surface area contributed by atoms with Gasteiger partial charge in [-0.1, -0.05) is 65.7 Å². The molecule has 0 aliphatic heterocycles. The maximum absolute atomic E-state index is 4.02. The topological polar surface area (TPSA) is 0 Å². The van der Waals surface area contributed by atoms with E-state index in [0.29, 0.717) is 0 Å². The average molecular weight is 419 g/mol. The monoisotopic (exact) mass is 418 g/mol. The summed E-state index contributed by atoms with van der Waals surface area (Å²) in [7, 11) is 0. The molecule has 3 rings (SSSR count). The molecule has 27 heavy (non-hydrogen) atoms. The molecule has 0 aromatic heterocycles. The lowest BCUT2D eigenvalue weighted by Crippen LogP contribution is -2.00. The van der Waals surface area contributed by atoms with Gasteiger partial charge in [0.05, 0.1) is 0 Å². The zero-order valence-corrected chi connectivity index (χ0v) is 18.7. The Morgan fingerprint density at radius 2 is 1.00 bits per heavy atom. The van der Waals surface area contributed by atoms with Gasteiger partial charge < -0.3 is 0 Å². The van der Waals surface area contributed by atoms with E-state index in [0.717, 1.165) is 0 Å². The smallest absolute Gasteiger partial charge is 0.0337 e. The molecule has 0 unspecified atom stereocenters. The lowest BCUT2D eigenvalue weighted by atomic mass is 9.87. The highest BCUT2D eigenvalue weighted by Crippen LogP contribution is 2.41. The molecule has 1 heteroatoms. The molecule has 0 amide bonds. The first-order chi connectivity index (χ1) is 12.8. The molecule has 3 aromatic carbocycles. The number of benzene rings is 3. The van der Waals surface area contributed by atoms with Gasteiger partial charge in [-0.2, -0.15) is 0 Å². The minimum Gasteiger partial charge on any atom is -0.0622 e. The summed E-state index contributed by atoms with van der Waals surface area (Å²) in [5.74, 6) is 0. The molecule has 0 saturated carbocycles. The zero-order chi connectivity index (χ0) is 19.7. The highest BCUT2D eigenvalue weighted by atomic mass is 79.9. The van der Waals surface area contributed by atoms with Gasteiger partial charge in [-0.05, 0) is 96.4 Å². The van der Waals surface area contributed by atoms with Crippen LogP contribution >= 0.6 is 15.9 Å². The number of aryl methyl sites for hydroxylation is 6. The van der Waals surface area contributed by atoms with E-state index in [-0.39, 0.29) is 0 Å².